The molecule has 6 nitrogen and oxygen atoms in total. The van der Waals surface area contributed by atoms with E-state index < -0.39 is 9.84 Å². The molecule has 1 aromatic heterocycles. The maximum atomic E-state index is 12.3. The zero-order valence-electron chi connectivity index (χ0n) is 15.0. The van der Waals surface area contributed by atoms with E-state index in [2.05, 4.69) is 34.8 Å². The number of aromatic nitrogens is 2. The normalized spacial score (nSPS) is 28.0. The summed E-state index contributed by atoms with van der Waals surface area (Å²) < 4.78 is 23.3. The highest BCUT2D eigenvalue weighted by molar-refractivity contribution is 7.90. The molecule has 2 heterocycles. The SMILES string of the molecule is CC1(C)C2CC=C(CN3CCc4nc(S(C)(=O)=O)[nH]c(=O)c4C3)C1C2. The maximum Gasteiger partial charge on any atom is 0.256 e. The van der Waals surface area contributed by atoms with Crippen LogP contribution in [0.3, 0.4) is 0 Å². The van der Waals surface area contributed by atoms with Crippen molar-refractivity contribution in [3.63, 3.8) is 0 Å². The predicted molar refractivity (Wildman–Crippen MR) is 95.0 cm³/mol. The smallest absolute Gasteiger partial charge is 0.256 e. The van der Waals surface area contributed by atoms with Gasteiger partial charge in [-0.1, -0.05) is 25.5 Å². The first-order valence-corrected chi connectivity index (χ1v) is 10.8. The minimum absolute atomic E-state index is 0.220. The molecule has 7 heteroatoms. The van der Waals surface area contributed by atoms with Crippen LogP contribution in [-0.4, -0.2) is 42.6 Å². The van der Waals surface area contributed by atoms with E-state index in [4.69, 9.17) is 0 Å². The Balaban J connectivity index is 1.54. The number of allylic oxidation sites excluding steroid dienone is 1. The minimum atomic E-state index is -3.50. The third-order valence-electron chi connectivity index (χ3n) is 6.47. The number of nitrogens with zero attached hydrogens (tertiary/aromatic N) is 2. The van der Waals surface area contributed by atoms with Gasteiger partial charge in [-0.2, -0.15) is 0 Å². The van der Waals surface area contributed by atoms with E-state index in [-0.39, 0.29) is 10.7 Å². The average molecular weight is 363 g/mol. The number of H-pyrrole nitrogens is 1. The molecular formula is C18H25N3O3S. The number of nitrogens with one attached hydrogen (secondary N) is 1. The Morgan fingerprint density at radius 2 is 2.16 bits per heavy atom. The molecular weight excluding hydrogens is 338 g/mol. The van der Waals surface area contributed by atoms with Crippen LogP contribution in [0.4, 0.5) is 0 Å². The van der Waals surface area contributed by atoms with Gasteiger partial charge in [-0.25, -0.2) is 13.4 Å². The fourth-order valence-electron chi connectivity index (χ4n) is 4.68. The van der Waals surface area contributed by atoms with Crippen LogP contribution in [0, 0.1) is 17.3 Å². The molecule has 1 aromatic rings. The van der Waals surface area contributed by atoms with Gasteiger partial charge >= 0.3 is 0 Å². The van der Waals surface area contributed by atoms with Gasteiger partial charge < -0.3 is 0 Å². The average Bonchev–Trinajstić information content (AvgIpc) is 2.54. The largest absolute Gasteiger partial charge is 0.297 e. The number of aromatic amines is 1. The first kappa shape index (κ1) is 17.0. The molecule has 2 atom stereocenters. The summed E-state index contributed by atoms with van der Waals surface area (Å²) in [4.78, 5) is 21.3. The third kappa shape index (κ3) is 2.77. The van der Waals surface area contributed by atoms with Gasteiger partial charge in [0.2, 0.25) is 15.0 Å². The number of sulfone groups is 1. The van der Waals surface area contributed by atoms with Crippen molar-refractivity contribution >= 4 is 9.84 Å². The van der Waals surface area contributed by atoms with Crippen molar-refractivity contribution in [2.75, 3.05) is 19.3 Å². The molecule has 1 N–H and O–H groups in total. The Labute approximate surface area is 148 Å². The molecule has 1 fully saturated rings. The quantitative estimate of drug-likeness (QED) is 0.650. The summed E-state index contributed by atoms with van der Waals surface area (Å²) in [5.41, 5.74) is 2.83. The van der Waals surface area contributed by atoms with Gasteiger partial charge in [0.1, 0.15) is 0 Å². The van der Waals surface area contributed by atoms with Crippen molar-refractivity contribution in [3.8, 4) is 0 Å². The zero-order chi connectivity index (χ0) is 18.0. The molecule has 1 saturated carbocycles. The Hall–Kier alpha value is -1.47. The van der Waals surface area contributed by atoms with Crippen LogP contribution < -0.4 is 5.56 Å². The number of rotatable bonds is 3. The summed E-state index contributed by atoms with van der Waals surface area (Å²) >= 11 is 0. The lowest BCUT2D eigenvalue weighted by molar-refractivity contribution is -0.0110. The first-order chi connectivity index (χ1) is 11.7. The molecule has 1 aliphatic heterocycles. The van der Waals surface area contributed by atoms with Crippen molar-refractivity contribution in [3.05, 3.63) is 33.3 Å². The second kappa shape index (κ2) is 5.51. The second-order valence-corrected chi connectivity index (χ2v) is 10.3. The first-order valence-electron chi connectivity index (χ1n) is 8.89. The lowest BCUT2D eigenvalue weighted by atomic mass is 9.49. The molecule has 4 aliphatic rings. The molecule has 2 bridgehead atoms. The van der Waals surface area contributed by atoms with E-state index in [0.29, 0.717) is 35.6 Å². The summed E-state index contributed by atoms with van der Waals surface area (Å²) in [5.74, 6) is 1.49. The molecule has 0 aromatic carbocycles. The number of hydrogen-bond acceptors (Lipinski definition) is 5. The van der Waals surface area contributed by atoms with Gasteiger partial charge in [0.05, 0.1) is 11.3 Å². The summed E-state index contributed by atoms with van der Waals surface area (Å²) in [6.45, 7) is 6.97. The summed E-state index contributed by atoms with van der Waals surface area (Å²) in [6, 6.07) is 0. The molecule has 3 aliphatic carbocycles. The van der Waals surface area contributed by atoms with Gasteiger partial charge in [0.25, 0.3) is 5.56 Å². The fraction of sp³-hybridized carbons (Fsp3) is 0.667. The van der Waals surface area contributed by atoms with E-state index >= 15 is 0 Å². The summed E-state index contributed by atoms with van der Waals surface area (Å²) in [6.07, 6.45) is 6.54. The Bertz CT molecular complexity index is 914. The molecule has 0 radical (unpaired) electrons. The Morgan fingerprint density at radius 3 is 2.80 bits per heavy atom. The van der Waals surface area contributed by atoms with Gasteiger partial charge in [-0.05, 0) is 30.1 Å². The van der Waals surface area contributed by atoms with Crippen LogP contribution in [-0.2, 0) is 22.8 Å². The fourth-order valence-corrected chi connectivity index (χ4v) is 5.24. The summed E-state index contributed by atoms with van der Waals surface area (Å²) in [7, 11) is -3.50. The van der Waals surface area contributed by atoms with Gasteiger partial charge in [-0.15, -0.1) is 0 Å². The third-order valence-corrected chi connectivity index (χ3v) is 7.36. The highest BCUT2D eigenvalue weighted by atomic mass is 32.2. The monoisotopic (exact) mass is 363 g/mol. The Kier molecular flexibility index (Phi) is 3.74. The minimum Gasteiger partial charge on any atom is -0.297 e. The van der Waals surface area contributed by atoms with E-state index in [9.17, 15) is 13.2 Å². The molecule has 2 unspecified atom stereocenters. The lowest BCUT2D eigenvalue weighted by Gasteiger charge is -2.57. The highest BCUT2D eigenvalue weighted by Crippen LogP contribution is 2.59. The van der Waals surface area contributed by atoms with Crippen LogP contribution in [0.2, 0.25) is 0 Å². The Morgan fingerprint density at radius 1 is 1.40 bits per heavy atom. The topological polar surface area (TPSA) is 83.1 Å². The van der Waals surface area contributed by atoms with Gasteiger partial charge in [0, 0.05) is 32.3 Å². The van der Waals surface area contributed by atoms with Crippen molar-refractivity contribution in [1.29, 1.82) is 0 Å². The predicted octanol–water partition coefficient (Wildman–Crippen LogP) is 1.52. The molecule has 136 valence electrons. The molecule has 0 saturated heterocycles. The maximum absolute atomic E-state index is 12.3. The second-order valence-electron chi connectivity index (χ2n) is 8.35. The number of fused-ring (bicyclic) bond motifs is 2. The standard InChI is InChI=1S/C18H25N3O3S/c1-18(2)12-5-4-11(14(18)8-12)9-21-7-6-15-13(10-21)16(22)20-17(19-15)25(3,23)24/h4,12,14H,5-10H2,1-3H3,(H,19,20,22). The molecule has 25 heavy (non-hydrogen) atoms. The van der Waals surface area contributed by atoms with Crippen LogP contribution in [0.15, 0.2) is 21.6 Å². The van der Waals surface area contributed by atoms with Crippen molar-refractivity contribution in [2.24, 2.45) is 17.3 Å². The zero-order valence-corrected chi connectivity index (χ0v) is 15.8. The van der Waals surface area contributed by atoms with Crippen LogP contribution >= 0.6 is 0 Å². The van der Waals surface area contributed by atoms with Crippen LogP contribution in [0.25, 0.3) is 0 Å². The molecule has 5 rings (SSSR count). The van der Waals surface area contributed by atoms with Crippen molar-refractivity contribution in [1.82, 2.24) is 14.9 Å². The van der Waals surface area contributed by atoms with Crippen LogP contribution in [0.1, 0.15) is 37.9 Å². The van der Waals surface area contributed by atoms with Gasteiger partial charge in [-0.3, -0.25) is 14.7 Å². The number of hydrogen-bond donors (Lipinski definition) is 1. The van der Waals surface area contributed by atoms with E-state index in [1.807, 2.05) is 0 Å². The van der Waals surface area contributed by atoms with E-state index in [0.717, 1.165) is 25.3 Å². The van der Waals surface area contributed by atoms with Gasteiger partial charge in [0.15, 0.2) is 0 Å². The van der Waals surface area contributed by atoms with E-state index in [1.165, 1.54) is 18.4 Å². The molecule has 0 spiro atoms. The van der Waals surface area contributed by atoms with Crippen molar-refractivity contribution in [2.45, 2.75) is 44.8 Å². The summed E-state index contributed by atoms with van der Waals surface area (Å²) in [5, 5.41) is -0.220. The van der Waals surface area contributed by atoms with Crippen LogP contribution in [0.5, 0.6) is 0 Å². The highest BCUT2D eigenvalue weighted by Gasteiger charge is 2.51. The van der Waals surface area contributed by atoms with E-state index in [1.54, 1.807) is 0 Å². The molecule has 0 amide bonds. The van der Waals surface area contributed by atoms with Crippen molar-refractivity contribution < 1.29 is 8.42 Å². The lowest BCUT2D eigenvalue weighted by Crippen LogP contribution is -2.50.